The van der Waals surface area contributed by atoms with Crippen molar-refractivity contribution in [1.82, 2.24) is 5.06 Å². The van der Waals surface area contributed by atoms with E-state index in [0.29, 0.717) is 13.0 Å². The van der Waals surface area contributed by atoms with Gasteiger partial charge in [-0.05, 0) is 20.3 Å². The summed E-state index contributed by atoms with van der Waals surface area (Å²) in [5.41, 5.74) is -1.54. The lowest BCUT2D eigenvalue weighted by Crippen LogP contribution is -2.50. The van der Waals surface area contributed by atoms with E-state index in [2.05, 4.69) is 4.74 Å². The number of carbonyl (C=O) groups excluding carboxylic acids is 2. The lowest BCUT2D eigenvalue weighted by Gasteiger charge is -2.33. The number of ether oxygens (including phenoxy) is 3. The van der Waals surface area contributed by atoms with Gasteiger partial charge in [-0.25, -0.2) is 9.59 Å². The zero-order chi connectivity index (χ0) is 15.1. The number of hydrogen-bond acceptors (Lipinski definition) is 7. The van der Waals surface area contributed by atoms with Crippen LogP contribution in [0.15, 0.2) is 11.3 Å². The van der Waals surface area contributed by atoms with E-state index in [9.17, 15) is 9.59 Å². The molecule has 2 aliphatic heterocycles. The second-order valence-electron chi connectivity index (χ2n) is 5.31. The molecule has 0 saturated carbocycles. The number of hydrogen-bond donors (Lipinski definition) is 0. The van der Waals surface area contributed by atoms with Crippen LogP contribution in [-0.2, 0) is 28.6 Å². The van der Waals surface area contributed by atoms with Crippen LogP contribution in [0.4, 0.5) is 0 Å². The Morgan fingerprint density at radius 2 is 1.85 bits per heavy atom. The van der Waals surface area contributed by atoms with Crippen molar-refractivity contribution in [2.45, 2.75) is 38.5 Å². The minimum absolute atomic E-state index is 0.0555. The first kappa shape index (κ1) is 14.8. The Kier molecular flexibility index (Phi) is 3.51. The number of hydroxylamine groups is 2. The highest BCUT2D eigenvalue weighted by atomic mass is 16.8. The van der Waals surface area contributed by atoms with Gasteiger partial charge in [-0.1, -0.05) is 12.0 Å². The maximum atomic E-state index is 12.1. The molecule has 0 spiro atoms. The van der Waals surface area contributed by atoms with Crippen LogP contribution < -0.4 is 0 Å². The van der Waals surface area contributed by atoms with E-state index in [0.717, 1.165) is 0 Å². The minimum Gasteiger partial charge on any atom is -0.465 e. The summed E-state index contributed by atoms with van der Waals surface area (Å²) in [5, 5.41) is 1.54. The first-order chi connectivity index (χ1) is 9.34. The average Bonchev–Trinajstić information content (AvgIpc) is 2.91. The largest absolute Gasteiger partial charge is 0.465 e. The van der Waals surface area contributed by atoms with E-state index in [1.807, 2.05) is 20.8 Å². The fourth-order valence-electron chi connectivity index (χ4n) is 2.60. The van der Waals surface area contributed by atoms with Crippen LogP contribution in [0.5, 0.6) is 0 Å². The number of esters is 2. The van der Waals surface area contributed by atoms with E-state index in [4.69, 9.17) is 14.3 Å². The Morgan fingerprint density at radius 3 is 2.35 bits per heavy atom. The van der Waals surface area contributed by atoms with Crippen molar-refractivity contribution in [3.63, 3.8) is 0 Å². The van der Waals surface area contributed by atoms with E-state index < -0.39 is 23.2 Å². The molecule has 20 heavy (non-hydrogen) atoms. The topological polar surface area (TPSA) is 74.3 Å². The molecule has 0 aromatic heterocycles. The van der Waals surface area contributed by atoms with Crippen LogP contribution in [0.3, 0.4) is 0 Å². The van der Waals surface area contributed by atoms with Gasteiger partial charge in [-0.15, -0.1) is 0 Å². The van der Waals surface area contributed by atoms with Crippen molar-refractivity contribution in [3.05, 3.63) is 11.3 Å². The smallest absolute Gasteiger partial charge is 0.376 e. The summed E-state index contributed by atoms with van der Waals surface area (Å²) in [7, 11) is 2.47. The van der Waals surface area contributed by atoms with Gasteiger partial charge in [0.25, 0.3) is 0 Å². The third-order valence-electron chi connectivity index (χ3n) is 3.58. The molecule has 0 aromatic carbocycles. The highest BCUT2D eigenvalue weighted by molar-refractivity contribution is 6.01. The molecule has 2 heterocycles. The SMILES string of the molecule is CCC12OCC(C)(C)N1OC(C(=O)OC)=C2C(=O)OC. The van der Waals surface area contributed by atoms with Gasteiger partial charge in [0.1, 0.15) is 5.57 Å². The molecule has 0 N–H and O–H groups in total. The summed E-state index contributed by atoms with van der Waals surface area (Å²) in [6.45, 7) is 6.02. The van der Waals surface area contributed by atoms with Crippen LogP contribution in [0.25, 0.3) is 0 Å². The van der Waals surface area contributed by atoms with Crippen molar-refractivity contribution in [1.29, 1.82) is 0 Å². The predicted octanol–water partition coefficient (Wildman–Crippen LogP) is 0.749. The molecule has 7 heteroatoms. The van der Waals surface area contributed by atoms with Gasteiger partial charge >= 0.3 is 11.9 Å². The summed E-state index contributed by atoms with van der Waals surface area (Å²) >= 11 is 0. The number of nitrogens with zero attached hydrogens (tertiary/aromatic N) is 1. The van der Waals surface area contributed by atoms with E-state index in [1.165, 1.54) is 14.2 Å². The second kappa shape index (κ2) is 4.75. The van der Waals surface area contributed by atoms with Gasteiger partial charge in [-0.2, -0.15) is 0 Å². The molecule has 0 aliphatic carbocycles. The molecule has 112 valence electrons. The molecule has 0 aromatic rings. The van der Waals surface area contributed by atoms with Crippen molar-refractivity contribution >= 4 is 11.9 Å². The van der Waals surface area contributed by atoms with Crippen molar-refractivity contribution in [2.24, 2.45) is 0 Å². The Balaban J connectivity index is 2.58. The molecule has 1 atom stereocenters. The molecule has 1 unspecified atom stereocenters. The van der Waals surface area contributed by atoms with Crippen molar-refractivity contribution < 1.29 is 28.6 Å². The van der Waals surface area contributed by atoms with Gasteiger partial charge in [0, 0.05) is 0 Å². The number of rotatable bonds is 3. The molecule has 2 aliphatic rings. The van der Waals surface area contributed by atoms with Crippen molar-refractivity contribution in [3.8, 4) is 0 Å². The van der Waals surface area contributed by atoms with Gasteiger partial charge in [0.2, 0.25) is 5.76 Å². The molecule has 0 radical (unpaired) electrons. The summed E-state index contributed by atoms with van der Waals surface area (Å²) < 4.78 is 15.3. The average molecular weight is 285 g/mol. The van der Waals surface area contributed by atoms with Gasteiger partial charge in [0.05, 0.1) is 26.4 Å². The normalized spacial score (nSPS) is 28.1. The molecular weight excluding hydrogens is 266 g/mol. The minimum atomic E-state index is -1.11. The van der Waals surface area contributed by atoms with Crippen LogP contribution in [0.1, 0.15) is 27.2 Å². The molecule has 2 rings (SSSR count). The van der Waals surface area contributed by atoms with Crippen LogP contribution in [-0.4, -0.2) is 49.1 Å². The van der Waals surface area contributed by atoms with Crippen LogP contribution >= 0.6 is 0 Å². The second-order valence-corrected chi connectivity index (χ2v) is 5.31. The standard InChI is InChI=1S/C13H19NO6/c1-6-13-8(10(15)17-4)9(11(16)18-5)20-14(13)12(2,3)7-19-13/h6-7H2,1-5H3. The first-order valence-electron chi connectivity index (χ1n) is 6.37. The Hall–Kier alpha value is -1.60. The van der Waals surface area contributed by atoms with Gasteiger partial charge in [-0.3, -0.25) is 0 Å². The third kappa shape index (κ3) is 1.81. The summed E-state index contributed by atoms with van der Waals surface area (Å²) in [4.78, 5) is 29.5. The summed E-state index contributed by atoms with van der Waals surface area (Å²) in [6.07, 6.45) is 0.432. The van der Waals surface area contributed by atoms with E-state index in [-0.39, 0.29) is 11.3 Å². The highest BCUT2D eigenvalue weighted by Gasteiger charge is 2.63. The van der Waals surface area contributed by atoms with Crippen molar-refractivity contribution in [2.75, 3.05) is 20.8 Å². The van der Waals surface area contributed by atoms with E-state index in [1.54, 1.807) is 5.06 Å². The molecule has 1 fully saturated rings. The zero-order valence-corrected chi connectivity index (χ0v) is 12.3. The lowest BCUT2D eigenvalue weighted by molar-refractivity contribution is -0.224. The number of carbonyl (C=O) groups is 2. The Bertz CT molecular complexity index is 483. The first-order valence-corrected chi connectivity index (χ1v) is 6.37. The molecule has 1 saturated heterocycles. The zero-order valence-electron chi connectivity index (χ0n) is 12.3. The van der Waals surface area contributed by atoms with Crippen LogP contribution in [0.2, 0.25) is 0 Å². The molecule has 0 amide bonds. The quantitative estimate of drug-likeness (QED) is 0.708. The third-order valence-corrected chi connectivity index (χ3v) is 3.58. The van der Waals surface area contributed by atoms with Crippen LogP contribution in [0, 0.1) is 0 Å². The lowest BCUT2D eigenvalue weighted by atomic mass is 9.97. The van der Waals surface area contributed by atoms with Gasteiger partial charge < -0.3 is 19.0 Å². The monoisotopic (exact) mass is 285 g/mol. The Labute approximate surface area is 117 Å². The molecular formula is C13H19NO6. The molecule has 0 bridgehead atoms. The predicted molar refractivity (Wildman–Crippen MR) is 67.0 cm³/mol. The highest BCUT2D eigenvalue weighted by Crippen LogP contribution is 2.49. The Morgan fingerprint density at radius 1 is 1.25 bits per heavy atom. The fraction of sp³-hybridized carbons (Fsp3) is 0.692. The maximum Gasteiger partial charge on any atom is 0.376 e. The van der Waals surface area contributed by atoms with E-state index >= 15 is 0 Å². The summed E-state index contributed by atoms with van der Waals surface area (Å²) in [6, 6.07) is 0. The summed E-state index contributed by atoms with van der Waals surface area (Å²) in [5.74, 6) is -1.56. The fourth-order valence-corrected chi connectivity index (χ4v) is 2.60. The molecule has 7 nitrogen and oxygen atoms in total. The number of methoxy groups -OCH3 is 2. The maximum absolute atomic E-state index is 12.1. The van der Waals surface area contributed by atoms with Gasteiger partial charge in [0.15, 0.2) is 5.72 Å². The number of fused-ring (bicyclic) bond motifs is 1.